The monoisotopic (exact) mass is 219 g/mol. The molecule has 1 aliphatic rings. The molecule has 1 unspecified atom stereocenters. The molecule has 0 aliphatic carbocycles. The Morgan fingerprint density at radius 2 is 2.12 bits per heavy atom. The first kappa shape index (κ1) is 11.6. The highest BCUT2D eigenvalue weighted by Crippen LogP contribution is 2.12. The zero-order valence-corrected chi connectivity index (χ0v) is 10.1. The molecule has 0 amide bonds. The van der Waals surface area contributed by atoms with E-state index in [0.29, 0.717) is 6.10 Å². The Morgan fingerprint density at radius 1 is 1.31 bits per heavy atom. The van der Waals surface area contributed by atoms with Crippen molar-refractivity contribution >= 4 is 0 Å². The Hall–Kier alpha value is -0.860. The van der Waals surface area contributed by atoms with Crippen molar-refractivity contribution < 1.29 is 4.74 Å². The standard InChI is InChI=1S/C14H21NO/c1-15-10-11-16-14(12-15)9-5-8-13-6-3-2-4-7-13/h2-4,6-7,14H,5,8-12H2,1H3. The van der Waals surface area contributed by atoms with E-state index in [9.17, 15) is 0 Å². The Labute approximate surface area is 98.2 Å². The third-order valence-electron chi connectivity index (χ3n) is 3.18. The smallest absolute Gasteiger partial charge is 0.0702 e. The second-order valence-corrected chi connectivity index (χ2v) is 4.63. The van der Waals surface area contributed by atoms with E-state index in [1.807, 2.05) is 0 Å². The quantitative estimate of drug-likeness (QED) is 0.770. The molecule has 0 radical (unpaired) electrons. The van der Waals surface area contributed by atoms with E-state index < -0.39 is 0 Å². The third-order valence-corrected chi connectivity index (χ3v) is 3.18. The van der Waals surface area contributed by atoms with Crippen LogP contribution in [0.25, 0.3) is 0 Å². The molecule has 0 N–H and O–H groups in total. The van der Waals surface area contributed by atoms with Gasteiger partial charge in [0.05, 0.1) is 12.7 Å². The molecular weight excluding hydrogens is 198 g/mol. The van der Waals surface area contributed by atoms with Gasteiger partial charge in [-0.15, -0.1) is 0 Å². The number of nitrogens with zero attached hydrogens (tertiary/aromatic N) is 1. The van der Waals surface area contributed by atoms with E-state index in [-0.39, 0.29) is 0 Å². The van der Waals surface area contributed by atoms with Crippen LogP contribution in [-0.4, -0.2) is 37.7 Å². The van der Waals surface area contributed by atoms with Gasteiger partial charge in [-0.05, 0) is 31.9 Å². The molecule has 2 nitrogen and oxygen atoms in total. The Bertz CT molecular complexity index is 299. The lowest BCUT2D eigenvalue weighted by molar-refractivity contribution is -0.0239. The Kier molecular flexibility index (Phi) is 4.37. The molecule has 0 bridgehead atoms. The van der Waals surface area contributed by atoms with Crippen molar-refractivity contribution in [3.63, 3.8) is 0 Å². The van der Waals surface area contributed by atoms with Crippen LogP contribution in [0.15, 0.2) is 30.3 Å². The summed E-state index contributed by atoms with van der Waals surface area (Å²) < 4.78 is 5.74. The predicted octanol–water partition coefficient (Wildman–Crippen LogP) is 2.34. The van der Waals surface area contributed by atoms with E-state index in [1.54, 1.807) is 0 Å². The molecule has 1 aliphatic heterocycles. The minimum Gasteiger partial charge on any atom is -0.376 e. The SMILES string of the molecule is CN1CCOC(CCCc2ccccc2)C1. The van der Waals surface area contributed by atoms with Gasteiger partial charge in [0.15, 0.2) is 0 Å². The lowest BCUT2D eigenvalue weighted by Crippen LogP contribution is -2.39. The molecule has 2 heteroatoms. The molecule has 88 valence electrons. The molecule has 1 fully saturated rings. The van der Waals surface area contributed by atoms with Gasteiger partial charge in [0.2, 0.25) is 0 Å². The number of ether oxygens (including phenoxy) is 1. The minimum atomic E-state index is 0.447. The maximum atomic E-state index is 5.74. The summed E-state index contributed by atoms with van der Waals surface area (Å²) in [6, 6.07) is 10.7. The number of benzene rings is 1. The number of likely N-dealkylation sites (N-methyl/N-ethyl adjacent to an activating group) is 1. The summed E-state index contributed by atoms with van der Waals surface area (Å²) in [6.45, 7) is 3.07. The minimum absolute atomic E-state index is 0.447. The van der Waals surface area contributed by atoms with E-state index >= 15 is 0 Å². The van der Waals surface area contributed by atoms with Gasteiger partial charge in [-0.2, -0.15) is 0 Å². The van der Waals surface area contributed by atoms with Gasteiger partial charge in [-0.1, -0.05) is 30.3 Å². The van der Waals surface area contributed by atoms with Gasteiger partial charge < -0.3 is 9.64 Å². The van der Waals surface area contributed by atoms with Gasteiger partial charge in [0.25, 0.3) is 0 Å². The third kappa shape index (κ3) is 3.62. The van der Waals surface area contributed by atoms with E-state index in [1.165, 1.54) is 24.8 Å². The molecule has 1 aromatic carbocycles. The van der Waals surface area contributed by atoms with Crippen LogP contribution >= 0.6 is 0 Å². The van der Waals surface area contributed by atoms with Crippen molar-refractivity contribution in [3.05, 3.63) is 35.9 Å². The number of aryl methyl sites for hydroxylation is 1. The molecule has 1 aromatic rings. The first-order chi connectivity index (χ1) is 7.84. The number of hydrogen-bond acceptors (Lipinski definition) is 2. The maximum Gasteiger partial charge on any atom is 0.0702 e. The van der Waals surface area contributed by atoms with Gasteiger partial charge in [-0.25, -0.2) is 0 Å². The van der Waals surface area contributed by atoms with E-state index in [2.05, 4.69) is 42.3 Å². The predicted molar refractivity (Wildman–Crippen MR) is 66.6 cm³/mol. The molecule has 1 heterocycles. The highest BCUT2D eigenvalue weighted by molar-refractivity contribution is 5.14. The van der Waals surface area contributed by atoms with Crippen molar-refractivity contribution in [3.8, 4) is 0 Å². The Balaban J connectivity index is 1.68. The maximum absolute atomic E-state index is 5.74. The second kappa shape index (κ2) is 6.02. The number of rotatable bonds is 4. The summed E-state index contributed by atoms with van der Waals surface area (Å²) in [7, 11) is 2.17. The average Bonchev–Trinajstić information content (AvgIpc) is 2.30. The molecular formula is C14H21NO. The van der Waals surface area contributed by atoms with Crippen LogP contribution in [0.2, 0.25) is 0 Å². The molecule has 2 rings (SSSR count). The zero-order valence-electron chi connectivity index (χ0n) is 10.1. The van der Waals surface area contributed by atoms with Crippen molar-refractivity contribution in [1.29, 1.82) is 0 Å². The van der Waals surface area contributed by atoms with Crippen LogP contribution in [0.4, 0.5) is 0 Å². The highest BCUT2D eigenvalue weighted by atomic mass is 16.5. The van der Waals surface area contributed by atoms with Crippen LogP contribution in [0.3, 0.4) is 0 Å². The number of morpholine rings is 1. The van der Waals surface area contributed by atoms with Gasteiger partial charge in [-0.3, -0.25) is 0 Å². The first-order valence-corrected chi connectivity index (χ1v) is 6.18. The van der Waals surface area contributed by atoms with Gasteiger partial charge in [0.1, 0.15) is 0 Å². The van der Waals surface area contributed by atoms with Crippen molar-refractivity contribution in [2.24, 2.45) is 0 Å². The van der Waals surface area contributed by atoms with Crippen LogP contribution in [-0.2, 0) is 11.2 Å². The van der Waals surface area contributed by atoms with Crippen LogP contribution in [0.5, 0.6) is 0 Å². The number of hydrogen-bond donors (Lipinski definition) is 0. The fourth-order valence-electron chi connectivity index (χ4n) is 2.22. The summed E-state index contributed by atoms with van der Waals surface area (Å²) in [6.07, 6.45) is 4.02. The van der Waals surface area contributed by atoms with Crippen molar-refractivity contribution in [1.82, 2.24) is 4.90 Å². The van der Waals surface area contributed by atoms with Gasteiger partial charge in [0, 0.05) is 13.1 Å². The van der Waals surface area contributed by atoms with Crippen LogP contribution in [0, 0.1) is 0 Å². The average molecular weight is 219 g/mol. The second-order valence-electron chi connectivity index (χ2n) is 4.63. The van der Waals surface area contributed by atoms with E-state index in [0.717, 1.165) is 19.7 Å². The summed E-state index contributed by atoms with van der Waals surface area (Å²) in [5.41, 5.74) is 1.44. The van der Waals surface area contributed by atoms with Crippen molar-refractivity contribution in [2.45, 2.75) is 25.4 Å². The van der Waals surface area contributed by atoms with Crippen LogP contribution < -0.4 is 0 Å². The van der Waals surface area contributed by atoms with Crippen molar-refractivity contribution in [2.75, 3.05) is 26.7 Å². The summed E-state index contributed by atoms with van der Waals surface area (Å²) >= 11 is 0. The molecule has 0 spiro atoms. The fraction of sp³-hybridized carbons (Fsp3) is 0.571. The summed E-state index contributed by atoms with van der Waals surface area (Å²) in [5, 5.41) is 0. The molecule has 16 heavy (non-hydrogen) atoms. The highest BCUT2D eigenvalue weighted by Gasteiger charge is 2.16. The van der Waals surface area contributed by atoms with Crippen LogP contribution in [0.1, 0.15) is 18.4 Å². The zero-order chi connectivity index (χ0) is 11.2. The Morgan fingerprint density at radius 3 is 2.88 bits per heavy atom. The lowest BCUT2D eigenvalue weighted by Gasteiger charge is -2.30. The molecule has 1 saturated heterocycles. The summed E-state index contributed by atoms with van der Waals surface area (Å²) in [5.74, 6) is 0. The van der Waals surface area contributed by atoms with Gasteiger partial charge >= 0.3 is 0 Å². The fourth-order valence-corrected chi connectivity index (χ4v) is 2.22. The first-order valence-electron chi connectivity index (χ1n) is 6.18. The lowest BCUT2D eigenvalue weighted by atomic mass is 10.1. The normalized spacial score (nSPS) is 22.2. The largest absolute Gasteiger partial charge is 0.376 e. The molecule has 0 aromatic heterocycles. The van der Waals surface area contributed by atoms with E-state index in [4.69, 9.17) is 4.74 Å². The molecule has 0 saturated carbocycles. The topological polar surface area (TPSA) is 12.5 Å². The summed E-state index contributed by atoms with van der Waals surface area (Å²) in [4.78, 5) is 2.36. The molecule has 1 atom stereocenters.